The summed E-state index contributed by atoms with van der Waals surface area (Å²) in [5.41, 5.74) is 8.26. The zero-order valence-corrected chi connectivity index (χ0v) is 9.74. The minimum absolute atomic E-state index is 0.173. The first-order valence-electron chi connectivity index (χ1n) is 5.18. The van der Waals surface area contributed by atoms with Gasteiger partial charge in [0.15, 0.2) is 0 Å². The number of thiazole rings is 1. The van der Waals surface area contributed by atoms with Gasteiger partial charge in [-0.05, 0) is 24.3 Å². The third kappa shape index (κ3) is 1.72. The van der Waals surface area contributed by atoms with Gasteiger partial charge in [0.1, 0.15) is 10.8 Å². The van der Waals surface area contributed by atoms with E-state index in [2.05, 4.69) is 4.98 Å². The van der Waals surface area contributed by atoms with Gasteiger partial charge in [-0.25, -0.2) is 4.98 Å². The van der Waals surface area contributed by atoms with E-state index in [9.17, 15) is 5.11 Å². The summed E-state index contributed by atoms with van der Waals surface area (Å²) in [5.74, 6) is 0.173. The van der Waals surface area contributed by atoms with Gasteiger partial charge in [-0.15, -0.1) is 11.3 Å². The fraction of sp³-hybridized carbons (Fsp3) is 0. The number of phenols is 1. The number of aromatic nitrogens is 1. The van der Waals surface area contributed by atoms with Crippen LogP contribution in [0.2, 0.25) is 0 Å². The van der Waals surface area contributed by atoms with Crippen LogP contribution < -0.4 is 5.73 Å². The van der Waals surface area contributed by atoms with Gasteiger partial charge in [-0.3, -0.25) is 0 Å². The molecule has 3 N–H and O–H groups in total. The summed E-state index contributed by atoms with van der Waals surface area (Å²) < 4.78 is 1.13. The van der Waals surface area contributed by atoms with Crippen molar-refractivity contribution in [1.29, 1.82) is 0 Å². The van der Waals surface area contributed by atoms with Crippen LogP contribution in [0.5, 0.6) is 5.75 Å². The maximum absolute atomic E-state index is 9.33. The summed E-state index contributed by atoms with van der Waals surface area (Å²) in [6, 6.07) is 12.9. The fourth-order valence-electron chi connectivity index (χ4n) is 1.73. The molecule has 0 aliphatic rings. The number of nitrogens with zero attached hydrogens (tertiary/aromatic N) is 1. The highest BCUT2D eigenvalue weighted by molar-refractivity contribution is 7.21. The van der Waals surface area contributed by atoms with Crippen molar-refractivity contribution in [2.75, 3.05) is 5.73 Å². The van der Waals surface area contributed by atoms with E-state index in [1.54, 1.807) is 29.5 Å². The summed E-state index contributed by atoms with van der Waals surface area (Å²) >= 11 is 1.60. The van der Waals surface area contributed by atoms with Crippen molar-refractivity contribution in [2.24, 2.45) is 0 Å². The standard InChI is InChI=1S/C13H10N2OS/c14-10-7-8(16)5-6-9(10)13-15-11-3-1-2-4-12(11)17-13/h1-7,16H,14H2. The van der Waals surface area contributed by atoms with Crippen LogP contribution in [-0.4, -0.2) is 10.1 Å². The lowest BCUT2D eigenvalue weighted by Crippen LogP contribution is -1.88. The van der Waals surface area contributed by atoms with E-state index in [1.807, 2.05) is 24.3 Å². The van der Waals surface area contributed by atoms with E-state index in [0.29, 0.717) is 5.69 Å². The lowest BCUT2D eigenvalue weighted by atomic mass is 10.2. The highest BCUT2D eigenvalue weighted by Gasteiger charge is 2.09. The Balaban J connectivity index is 2.20. The van der Waals surface area contributed by atoms with Crippen LogP contribution in [0.4, 0.5) is 5.69 Å². The molecule has 1 aromatic heterocycles. The summed E-state index contributed by atoms with van der Waals surface area (Å²) in [6.45, 7) is 0. The molecule has 0 atom stereocenters. The second-order valence-electron chi connectivity index (χ2n) is 3.76. The average Bonchev–Trinajstić information content (AvgIpc) is 2.72. The second-order valence-corrected chi connectivity index (χ2v) is 4.79. The maximum atomic E-state index is 9.33. The Hall–Kier alpha value is -2.07. The second kappa shape index (κ2) is 3.75. The molecule has 1 heterocycles. The fourth-order valence-corrected chi connectivity index (χ4v) is 2.75. The Bertz CT molecular complexity index is 658. The Morgan fingerprint density at radius 2 is 1.94 bits per heavy atom. The Labute approximate surface area is 102 Å². The molecule has 0 aliphatic carbocycles. The molecule has 17 heavy (non-hydrogen) atoms. The summed E-state index contributed by atoms with van der Waals surface area (Å²) in [4.78, 5) is 4.53. The number of hydrogen-bond acceptors (Lipinski definition) is 4. The zero-order chi connectivity index (χ0) is 11.8. The topological polar surface area (TPSA) is 59.1 Å². The van der Waals surface area contributed by atoms with Crippen molar-refractivity contribution in [3.8, 4) is 16.3 Å². The highest BCUT2D eigenvalue weighted by Crippen LogP contribution is 2.34. The maximum Gasteiger partial charge on any atom is 0.126 e. The summed E-state index contributed by atoms with van der Waals surface area (Å²) in [6.07, 6.45) is 0. The van der Waals surface area contributed by atoms with Gasteiger partial charge in [0.2, 0.25) is 0 Å². The molecule has 3 nitrogen and oxygen atoms in total. The number of nitrogens with two attached hydrogens (primary N) is 1. The van der Waals surface area contributed by atoms with Crippen LogP contribution in [0.1, 0.15) is 0 Å². The number of phenolic OH excluding ortho intramolecular Hbond substituents is 1. The first-order chi connectivity index (χ1) is 8.24. The van der Waals surface area contributed by atoms with Gasteiger partial charge in [0.25, 0.3) is 0 Å². The van der Waals surface area contributed by atoms with Gasteiger partial charge in [-0.2, -0.15) is 0 Å². The molecule has 0 saturated heterocycles. The van der Waals surface area contributed by atoms with Crippen molar-refractivity contribution in [2.45, 2.75) is 0 Å². The van der Waals surface area contributed by atoms with Crippen LogP contribution in [0, 0.1) is 0 Å². The van der Waals surface area contributed by atoms with Crippen molar-refractivity contribution in [1.82, 2.24) is 4.98 Å². The first kappa shape index (κ1) is 10.1. The zero-order valence-electron chi connectivity index (χ0n) is 8.92. The lowest BCUT2D eigenvalue weighted by Gasteiger charge is -2.01. The smallest absolute Gasteiger partial charge is 0.126 e. The van der Waals surface area contributed by atoms with E-state index < -0.39 is 0 Å². The van der Waals surface area contributed by atoms with E-state index in [1.165, 1.54) is 0 Å². The monoisotopic (exact) mass is 242 g/mol. The summed E-state index contributed by atoms with van der Waals surface area (Å²) in [5, 5.41) is 10.2. The Kier molecular flexibility index (Phi) is 2.23. The van der Waals surface area contributed by atoms with Gasteiger partial charge in [-0.1, -0.05) is 12.1 Å². The largest absolute Gasteiger partial charge is 0.508 e. The third-order valence-corrected chi connectivity index (χ3v) is 3.63. The van der Waals surface area contributed by atoms with Crippen molar-refractivity contribution in [3.63, 3.8) is 0 Å². The van der Waals surface area contributed by atoms with E-state index in [0.717, 1.165) is 20.8 Å². The molecule has 0 radical (unpaired) electrons. The van der Waals surface area contributed by atoms with Crippen molar-refractivity contribution < 1.29 is 5.11 Å². The number of benzene rings is 2. The molecule has 0 amide bonds. The third-order valence-electron chi connectivity index (χ3n) is 2.56. The van der Waals surface area contributed by atoms with Gasteiger partial charge in [0.05, 0.1) is 10.2 Å². The highest BCUT2D eigenvalue weighted by atomic mass is 32.1. The molecule has 3 rings (SSSR count). The van der Waals surface area contributed by atoms with Gasteiger partial charge >= 0.3 is 0 Å². The van der Waals surface area contributed by atoms with E-state index in [4.69, 9.17) is 5.73 Å². The van der Waals surface area contributed by atoms with Crippen molar-refractivity contribution >= 4 is 27.2 Å². The molecule has 2 aromatic carbocycles. The number of para-hydroxylation sites is 1. The Morgan fingerprint density at radius 1 is 1.12 bits per heavy atom. The van der Waals surface area contributed by atoms with E-state index in [-0.39, 0.29) is 5.75 Å². The van der Waals surface area contributed by atoms with E-state index >= 15 is 0 Å². The minimum Gasteiger partial charge on any atom is -0.508 e. The number of rotatable bonds is 1. The molecular formula is C13H10N2OS. The van der Waals surface area contributed by atoms with Crippen LogP contribution in [0.15, 0.2) is 42.5 Å². The minimum atomic E-state index is 0.173. The molecular weight excluding hydrogens is 232 g/mol. The first-order valence-corrected chi connectivity index (χ1v) is 6.00. The normalized spacial score (nSPS) is 10.8. The van der Waals surface area contributed by atoms with Gasteiger partial charge < -0.3 is 10.8 Å². The van der Waals surface area contributed by atoms with Crippen LogP contribution in [0.3, 0.4) is 0 Å². The number of anilines is 1. The van der Waals surface area contributed by atoms with Crippen LogP contribution in [0.25, 0.3) is 20.8 Å². The predicted molar refractivity (Wildman–Crippen MR) is 71.1 cm³/mol. The number of nitrogen functional groups attached to an aromatic ring is 1. The number of aromatic hydroxyl groups is 1. The molecule has 4 heteroatoms. The molecule has 0 saturated carbocycles. The lowest BCUT2D eigenvalue weighted by molar-refractivity contribution is 0.476. The quantitative estimate of drug-likeness (QED) is 0.644. The molecule has 3 aromatic rings. The molecule has 0 spiro atoms. The van der Waals surface area contributed by atoms with Gasteiger partial charge in [0, 0.05) is 17.3 Å². The molecule has 84 valence electrons. The molecule has 0 unspecified atom stereocenters. The van der Waals surface area contributed by atoms with Crippen LogP contribution >= 0.6 is 11.3 Å². The summed E-state index contributed by atoms with van der Waals surface area (Å²) in [7, 11) is 0. The number of fused-ring (bicyclic) bond motifs is 1. The molecule has 0 bridgehead atoms. The SMILES string of the molecule is Nc1cc(O)ccc1-c1nc2ccccc2s1. The molecule has 0 aliphatic heterocycles. The number of hydrogen-bond donors (Lipinski definition) is 2. The average molecular weight is 242 g/mol. The Morgan fingerprint density at radius 3 is 2.71 bits per heavy atom. The van der Waals surface area contributed by atoms with Crippen molar-refractivity contribution in [3.05, 3.63) is 42.5 Å². The van der Waals surface area contributed by atoms with Crippen LogP contribution in [-0.2, 0) is 0 Å². The predicted octanol–water partition coefficient (Wildman–Crippen LogP) is 3.25. The molecule has 0 fully saturated rings.